The average molecular weight is 296 g/mol. The first-order chi connectivity index (χ1) is 9.06. The molecule has 2 aromatic heterocycles. The van der Waals surface area contributed by atoms with Gasteiger partial charge in [-0.3, -0.25) is 9.78 Å². The fraction of sp³-hybridized carbons (Fsp3) is 0. The maximum Gasteiger partial charge on any atom is 0.278 e. The van der Waals surface area contributed by atoms with Gasteiger partial charge in [-0.05, 0) is 12.1 Å². The first kappa shape index (κ1) is 12.0. The zero-order valence-electron chi connectivity index (χ0n) is 9.37. The molecule has 0 fully saturated rings. The Morgan fingerprint density at radius 1 is 1.16 bits per heavy atom. The molecule has 19 heavy (non-hydrogen) atoms. The van der Waals surface area contributed by atoms with Crippen molar-refractivity contribution in [3.05, 3.63) is 38.6 Å². The highest BCUT2D eigenvalue weighted by molar-refractivity contribution is 6.43. The number of nitrogens with zero attached hydrogens (tertiary/aromatic N) is 2. The van der Waals surface area contributed by atoms with Crippen molar-refractivity contribution in [2.45, 2.75) is 0 Å². The van der Waals surface area contributed by atoms with Crippen molar-refractivity contribution in [2.24, 2.45) is 0 Å². The number of halogens is 2. The second-order valence-corrected chi connectivity index (χ2v) is 4.62. The minimum Gasteiger partial charge on any atom is -0.369 e. The number of anilines is 1. The smallest absolute Gasteiger partial charge is 0.278 e. The number of hydrogen-bond acceptors (Lipinski definition) is 4. The molecule has 0 spiro atoms. The molecule has 0 atom stereocenters. The van der Waals surface area contributed by atoms with Crippen LogP contribution in [0.25, 0.3) is 22.6 Å². The third-order valence-electron chi connectivity index (χ3n) is 2.59. The molecule has 0 saturated heterocycles. The van der Waals surface area contributed by atoms with Crippen LogP contribution in [0.1, 0.15) is 0 Å². The van der Waals surface area contributed by atoms with Crippen LogP contribution in [0.4, 0.5) is 5.95 Å². The largest absolute Gasteiger partial charge is 0.369 e. The summed E-state index contributed by atoms with van der Waals surface area (Å²) in [5.74, 6) is 0.416. The quantitative estimate of drug-likeness (QED) is 0.640. The highest BCUT2D eigenvalue weighted by Gasteiger charge is 2.13. The number of imidazole rings is 1. The van der Waals surface area contributed by atoms with E-state index in [4.69, 9.17) is 28.9 Å². The van der Waals surface area contributed by atoms with Gasteiger partial charge in [0, 0.05) is 5.56 Å². The Bertz CT molecular complexity index is 839. The number of benzene rings is 1. The summed E-state index contributed by atoms with van der Waals surface area (Å²) in [5.41, 5.74) is 6.12. The molecule has 2 heterocycles. The monoisotopic (exact) mass is 295 g/mol. The van der Waals surface area contributed by atoms with E-state index in [2.05, 4.69) is 19.9 Å². The van der Waals surface area contributed by atoms with Crippen molar-refractivity contribution >= 4 is 40.3 Å². The number of rotatable bonds is 1. The maximum absolute atomic E-state index is 11.7. The van der Waals surface area contributed by atoms with Crippen molar-refractivity contribution < 1.29 is 0 Å². The first-order valence-corrected chi connectivity index (χ1v) is 6.02. The summed E-state index contributed by atoms with van der Waals surface area (Å²) in [6.07, 6.45) is 0. The summed E-state index contributed by atoms with van der Waals surface area (Å²) in [7, 11) is 0. The Morgan fingerprint density at radius 2 is 1.95 bits per heavy atom. The average Bonchev–Trinajstić information content (AvgIpc) is 2.76. The van der Waals surface area contributed by atoms with Crippen LogP contribution in [0.15, 0.2) is 23.0 Å². The molecule has 0 aliphatic heterocycles. The topological polar surface area (TPSA) is 100 Å². The van der Waals surface area contributed by atoms with Crippen LogP contribution in [0.3, 0.4) is 0 Å². The van der Waals surface area contributed by atoms with E-state index in [1.807, 2.05) is 0 Å². The molecule has 3 aromatic rings. The lowest BCUT2D eigenvalue weighted by atomic mass is 10.2. The molecule has 0 radical (unpaired) electrons. The molecule has 8 heteroatoms. The lowest BCUT2D eigenvalue weighted by Crippen LogP contribution is -2.10. The predicted octanol–water partition coefficient (Wildman–Crippen LogP) is 2.20. The van der Waals surface area contributed by atoms with Gasteiger partial charge < -0.3 is 10.7 Å². The Balaban J connectivity index is 2.30. The zero-order valence-corrected chi connectivity index (χ0v) is 10.9. The van der Waals surface area contributed by atoms with Crippen LogP contribution >= 0.6 is 23.2 Å². The summed E-state index contributed by atoms with van der Waals surface area (Å²) in [5, 5.41) is 0.758. The Labute approximate surface area is 116 Å². The van der Waals surface area contributed by atoms with E-state index < -0.39 is 0 Å². The molecule has 0 unspecified atom stereocenters. The van der Waals surface area contributed by atoms with Gasteiger partial charge in [-0.1, -0.05) is 29.3 Å². The number of fused-ring (bicyclic) bond motifs is 1. The number of aromatic nitrogens is 4. The van der Waals surface area contributed by atoms with E-state index in [0.29, 0.717) is 21.4 Å². The van der Waals surface area contributed by atoms with Gasteiger partial charge in [0.2, 0.25) is 5.95 Å². The van der Waals surface area contributed by atoms with E-state index in [-0.39, 0.29) is 22.7 Å². The minimum atomic E-state index is -0.389. The van der Waals surface area contributed by atoms with Gasteiger partial charge in [-0.15, -0.1) is 0 Å². The molecular formula is C11H7Cl2N5O. The SMILES string of the molecule is Nc1nc2nc(-c3cccc(Cl)c3Cl)[nH]c2c(=O)[nH]1. The fourth-order valence-corrected chi connectivity index (χ4v) is 2.13. The number of nitrogens with one attached hydrogen (secondary N) is 2. The summed E-state index contributed by atoms with van der Waals surface area (Å²) in [6.45, 7) is 0. The van der Waals surface area contributed by atoms with Crippen molar-refractivity contribution in [1.82, 2.24) is 19.9 Å². The van der Waals surface area contributed by atoms with Crippen LogP contribution < -0.4 is 11.3 Å². The van der Waals surface area contributed by atoms with Crippen LogP contribution in [-0.4, -0.2) is 19.9 Å². The van der Waals surface area contributed by atoms with E-state index >= 15 is 0 Å². The highest BCUT2D eigenvalue weighted by Crippen LogP contribution is 2.32. The van der Waals surface area contributed by atoms with Crippen LogP contribution in [-0.2, 0) is 0 Å². The number of aromatic amines is 2. The molecule has 0 bridgehead atoms. The van der Waals surface area contributed by atoms with E-state index in [1.54, 1.807) is 18.2 Å². The molecule has 0 aliphatic carbocycles. The van der Waals surface area contributed by atoms with E-state index in [9.17, 15) is 4.79 Å². The van der Waals surface area contributed by atoms with Gasteiger partial charge in [-0.2, -0.15) is 4.98 Å². The number of nitrogen functional groups attached to an aromatic ring is 1. The van der Waals surface area contributed by atoms with E-state index in [0.717, 1.165) is 0 Å². The third kappa shape index (κ3) is 1.94. The van der Waals surface area contributed by atoms with Gasteiger partial charge in [0.15, 0.2) is 11.2 Å². The van der Waals surface area contributed by atoms with Gasteiger partial charge >= 0.3 is 0 Å². The van der Waals surface area contributed by atoms with Crippen molar-refractivity contribution in [3.63, 3.8) is 0 Å². The molecule has 0 aliphatic rings. The minimum absolute atomic E-state index is 0.00717. The van der Waals surface area contributed by atoms with Gasteiger partial charge in [0.1, 0.15) is 5.82 Å². The lowest BCUT2D eigenvalue weighted by Gasteiger charge is -2.01. The highest BCUT2D eigenvalue weighted by atomic mass is 35.5. The fourth-order valence-electron chi connectivity index (χ4n) is 1.74. The predicted molar refractivity (Wildman–Crippen MR) is 74.4 cm³/mol. The molecule has 4 N–H and O–H groups in total. The molecular weight excluding hydrogens is 289 g/mol. The Morgan fingerprint density at radius 3 is 2.74 bits per heavy atom. The third-order valence-corrected chi connectivity index (χ3v) is 3.41. The molecule has 6 nitrogen and oxygen atoms in total. The second kappa shape index (κ2) is 4.25. The standard InChI is InChI=1S/C11H7Cl2N5O/c12-5-3-1-2-4(6(5)13)8-15-7-9(16-8)17-11(14)18-10(7)19/h1-3H,(H4,14,15,16,17,18,19). The summed E-state index contributed by atoms with van der Waals surface area (Å²) < 4.78 is 0. The molecule has 3 rings (SSSR count). The molecule has 1 aromatic carbocycles. The number of hydrogen-bond donors (Lipinski definition) is 3. The van der Waals surface area contributed by atoms with E-state index in [1.165, 1.54) is 0 Å². The summed E-state index contributed by atoms with van der Waals surface area (Å²) >= 11 is 12.0. The van der Waals surface area contributed by atoms with Crippen molar-refractivity contribution in [2.75, 3.05) is 5.73 Å². The van der Waals surface area contributed by atoms with Gasteiger partial charge in [0.25, 0.3) is 5.56 Å². The number of H-pyrrole nitrogens is 2. The Kier molecular flexibility index (Phi) is 2.69. The first-order valence-electron chi connectivity index (χ1n) is 5.26. The van der Waals surface area contributed by atoms with Crippen LogP contribution in [0.2, 0.25) is 10.0 Å². The zero-order chi connectivity index (χ0) is 13.6. The second-order valence-electron chi connectivity index (χ2n) is 3.84. The Hall–Kier alpha value is -2.05. The van der Waals surface area contributed by atoms with Gasteiger partial charge in [0.05, 0.1) is 10.0 Å². The molecule has 0 saturated carbocycles. The van der Waals surface area contributed by atoms with Crippen LogP contribution in [0.5, 0.6) is 0 Å². The maximum atomic E-state index is 11.7. The number of nitrogens with two attached hydrogens (primary N) is 1. The summed E-state index contributed by atoms with van der Waals surface area (Å²) in [6, 6.07) is 5.14. The normalized spacial score (nSPS) is 11.1. The molecule has 0 amide bonds. The van der Waals surface area contributed by atoms with Crippen molar-refractivity contribution in [1.29, 1.82) is 0 Å². The molecule has 96 valence electrons. The summed E-state index contributed by atoms with van der Waals surface area (Å²) in [4.78, 5) is 25.1. The van der Waals surface area contributed by atoms with Crippen LogP contribution in [0, 0.1) is 0 Å². The lowest BCUT2D eigenvalue weighted by molar-refractivity contribution is 1.17. The van der Waals surface area contributed by atoms with Crippen molar-refractivity contribution in [3.8, 4) is 11.4 Å². The van der Waals surface area contributed by atoms with Gasteiger partial charge in [-0.25, -0.2) is 4.98 Å².